The van der Waals surface area contributed by atoms with Crippen LogP contribution >= 0.6 is 11.3 Å². The molecular weight excluding hydrogens is 354 g/mol. The van der Waals surface area contributed by atoms with E-state index in [-0.39, 0.29) is 11.9 Å². The molecule has 1 atom stereocenters. The van der Waals surface area contributed by atoms with Gasteiger partial charge in [0.2, 0.25) is 5.91 Å². The molecule has 2 aromatic rings. The van der Waals surface area contributed by atoms with E-state index >= 15 is 0 Å². The molecule has 0 unspecified atom stereocenters. The summed E-state index contributed by atoms with van der Waals surface area (Å²) < 4.78 is 0. The normalized spacial score (nSPS) is 21.9. The number of amides is 1. The van der Waals surface area contributed by atoms with E-state index in [2.05, 4.69) is 51.5 Å². The van der Waals surface area contributed by atoms with Crippen LogP contribution in [-0.2, 0) is 24.3 Å². The van der Waals surface area contributed by atoms with Crippen molar-refractivity contribution in [1.82, 2.24) is 15.1 Å². The number of piperazine rings is 1. The summed E-state index contributed by atoms with van der Waals surface area (Å²) in [6.45, 7) is 5.86. The summed E-state index contributed by atoms with van der Waals surface area (Å²) in [4.78, 5) is 19.9. The van der Waals surface area contributed by atoms with Gasteiger partial charge in [0.1, 0.15) is 0 Å². The molecule has 0 radical (unpaired) electrons. The van der Waals surface area contributed by atoms with Gasteiger partial charge in [0.25, 0.3) is 0 Å². The lowest BCUT2D eigenvalue weighted by Gasteiger charge is -2.32. The Morgan fingerprint density at radius 2 is 1.63 bits per heavy atom. The van der Waals surface area contributed by atoms with Gasteiger partial charge in [-0.2, -0.15) is 0 Å². The van der Waals surface area contributed by atoms with E-state index in [1.165, 1.54) is 47.7 Å². The van der Waals surface area contributed by atoms with Gasteiger partial charge in [0.05, 0.1) is 6.54 Å². The van der Waals surface area contributed by atoms with E-state index in [9.17, 15) is 4.79 Å². The fraction of sp³-hybridized carbons (Fsp3) is 0.500. The minimum atomic E-state index is 0.146. The molecule has 0 spiro atoms. The van der Waals surface area contributed by atoms with E-state index in [0.717, 1.165) is 26.1 Å². The van der Waals surface area contributed by atoms with Crippen molar-refractivity contribution in [2.24, 2.45) is 0 Å². The summed E-state index contributed by atoms with van der Waals surface area (Å²) in [6.07, 6.45) is 4.95. The number of likely N-dealkylation sites (tertiary alicyclic amines) is 1. The number of nitrogens with one attached hydrogen (secondary N) is 1. The predicted molar refractivity (Wildman–Crippen MR) is 111 cm³/mol. The SMILES string of the molecule is O=C1CN(Cc2ccc(CN3CCCCC3)s2)C[C@H](Cc2ccccc2)N1. The third kappa shape index (κ3) is 5.41. The molecule has 2 aliphatic heterocycles. The number of piperidine rings is 1. The van der Waals surface area contributed by atoms with Crippen LogP contribution in [0.3, 0.4) is 0 Å². The van der Waals surface area contributed by atoms with Crippen LogP contribution in [0.2, 0.25) is 0 Å². The molecule has 4 rings (SSSR count). The summed E-state index contributed by atoms with van der Waals surface area (Å²) in [5.74, 6) is 0.146. The lowest BCUT2D eigenvalue weighted by Crippen LogP contribution is -2.54. The van der Waals surface area contributed by atoms with Crippen LogP contribution in [0.5, 0.6) is 0 Å². The molecule has 4 nitrogen and oxygen atoms in total. The van der Waals surface area contributed by atoms with Crippen molar-refractivity contribution in [3.63, 3.8) is 0 Å². The molecule has 3 heterocycles. The Kier molecular flexibility index (Phi) is 6.22. The van der Waals surface area contributed by atoms with Gasteiger partial charge in [-0.25, -0.2) is 0 Å². The highest BCUT2D eigenvalue weighted by Gasteiger charge is 2.25. The Labute approximate surface area is 166 Å². The van der Waals surface area contributed by atoms with Crippen LogP contribution in [-0.4, -0.2) is 47.9 Å². The zero-order chi connectivity index (χ0) is 18.5. The number of rotatable bonds is 6. The fourth-order valence-electron chi connectivity index (χ4n) is 4.18. The van der Waals surface area contributed by atoms with Crippen molar-refractivity contribution in [3.05, 3.63) is 57.8 Å². The molecule has 0 saturated carbocycles. The number of hydrogen-bond acceptors (Lipinski definition) is 4. The van der Waals surface area contributed by atoms with Gasteiger partial charge in [-0.1, -0.05) is 36.8 Å². The predicted octanol–water partition coefficient (Wildman–Crippen LogP) is 3.28. The average Bonchev–Trinajstić information content (AvgIpc) is 3.09. The van der Waals surface area contributed by atoms with Crippen molar-refractivity contribution in [2.45, 2.75) is 44.8 Å². The summed E-state index contributed by atoms with van der Waals surface area (Å²) in [7, 11) is 0. The minimum Gasteiger partial charge on any atom is -0.351 e. The van der Waals surface area contributed by atoms with Crippen molar-refractivity contribution in [3.8, 4) is 0 Å². The van der Waals surface area contributed by atoms with Gasteiger partial charge in [0, 0.05) is 35.4 Å². The number of thiophene rings is 1. The Balaban J connectivity index is 1.32. The maximum Gasteiger partial charge on any atom is 0.234 e. The molecular formula is C22H29N3OS. The highest BCUT2D eigenvalue weighted by atomic mass is 32.1. The Morgan fingerprint density at radius 1 is 0.926 bits per heavy atom. The minimum absolute atomic E-state index is 0.146. The summed E-state index contributed by atoms with van der Waals surface area (Å²) in [6, 6.07) is 15.2. The maximum absolute atomic E-state index is 12.2. The van der Waals surface area contributed by atoms with E-state index in [4.69, 9.17) is 0 Å². The van der Waals surface area contributed by atoms with Crippen LogP contribution < -0.4 is 5.32 Å². The molecule has 1 amide bonds. The van der Waals surface area contributed by atoms with Crippen LogP contribution in [0.4, 0.5) is 0 Å². The van der Waals surface area contributed by atoms with Crippen LogP contribution in [0.15, 0.2) is 42.5 Å². The topological polar surface area (TPSA) is 35.6 Å². The van der Waals surface area contributed by atoms with E-state index < -0.39 is 0 Å². The smallest absolute Gasteiger partial charge is 0.234 e. The first-order valence-electron chi connectivity index (χ1n) is 10.1. The van der Waals surface area contributed by atoms with Gasteiger partial charge in [0.15, 0.2) is 0 Å². The highest BCUT2D eigenvalue weighted by molar-refractivity contribution is 7.11. The lowest BCUT2D eigenvalue weighted by atomic mass is 10.0. The number of nitrogens with zero attached hydrogens (tertiary/aromatic N) is 2. The van der Waals surface area contributed by atoms with Crippen LogP contribution in [0.1, 0.15) is 34.6 Å². The second kappa shape index (κ2) is 9.00. The second-order valence-electron chi connectivity index (χ2n) is 7.83. The van der Waals surface area contributed by atoms with Crippen molar-refractivity contribution >= 4 is 17.2 Å². The molecule has 1 N–H and O–H groups in total. The largest absolute Gasteiger partial charge is 0.351 e. The van der Waals surface area contributed by atoms with Crippen LogP contribution in [0.25, 0.3) is 0 Å². The van der Waals surface area contributed by atoms with Gasteiger partial charge in [-0.3, -0.25) is 14.6 Å². The monoisotopic (exact) mass is 383 g/mol. The standard InChI is InChI=1S/C22H29N3OS/c26-22-17-25(14-19(23-22)13-18-7-3-1-4-8-18)16-21-10-9-20(27-21)15-24-11-5-2-6-12-24/h1,3-4,7-10,19H,2,5-6,11-17H2,(H,23,26)/t19-/m0/s1. The molecule has 0 bridgehead atoms. The maximum atomic E-state index is 12.2. The Hall–Kier alpha value is -1.69. The molecule has 144 valence electrons. The van der Waals surface area contributed by atoms with E-state index in [1.54, 1.807) is 0 Å². The van der Waals surface area contributed by atoms with E-state index in [1.807, 2.05) is 17.4 Å². The molecule has 2 fully saturated rings. The summed E-state index contributed by atoms with van der Waals surface area (Å²) >= 11 is 1.91. The van der Waals surface area contributed by atoms with Gasteiger partial charge < -0.3 is 5.32 Å². The van der Waals surface area contributed by atoms with E-state index in [0.29, 0.717) is 6.54 Å². The first-order valence-corrected chi connectivity index (χ1v) is 10.9. The second-order valence-corrected chi connectivity index (χ2v) is 9.08. The van der Waals surface area contributed by atoms with Crippen molar-refractivity contribution in [1.29, 1.82) is 0 Å². The Bertz CT molecular complexity index is 739. The summed E-state index contributed by atoms with van der Waals surface area (Å²) in [5.41, 5.74) is 1.28. The van der Waals surface area contributed by atoms with Crippen molar-refractivity contribution < 1.29 is 4.79 Å². The molecule has 0 aliphatic carbocycles. The van der Waals surface area contributed by atoms with Gasteiger partial charge >= 0.3 is 0 Å². The summed E-state index contributed by atoms with van der Waals surface area (Å²) in [5, 5.41) is 3.16. The zero-order valence-corrected chi connectivity index (χ0v) is 16.7. The third-order valence-corrected chi connectivity index (χ3v) is 6.52. The molecule has 5 heteroatoms. The number of carbonyl (C=O) groups excluding carboxylic acids is 1. The molecule has 1 aromatic carbocycles. The molecule has 2 saturated heterocycles. The third-order valence-electron chi connectivity index (χ3n) is 5.46. The quantitative estimate of drug-likeness (QED) is 0.832. The number of hydrogen-bond donors (Lipinski definition) is 1. The number of benzene rings is 1. The number of carbonyl (C=O) groups is 1. The first kappa shape index (κ1) is 18.7. The van der Waals surface area contributed by atoms with Gasteiger partial charge in [-0.15, -0.1) is 11.3 Å². The zero-order valence-electron chi connectivity index (χ0n) is 15.9. The Morgan fingerprint density at radius 3 is 2.37 bits per heavy atom. The van der Waals surface area contributed by atoms with Crippen LogP contribution in [0, 0.1) is 0 Å². The molecule has 27 heavy (non-hydrogen) atoms. The highest BCUT2D eigenvalue weighted by Crippen LogP contribution is 2.22. The first-order chi connectivity index (χ1) is 13.2. The molecule has 2 aliphatic rings. The fourth-order valence-corrected chi connectivity index (χ4v) is 5.29. The average molecular weight is 384 g/mol. The van der Waals surface area contributed by atoms with Crippen molar-refractivity contribution in [2.75, 3.05) is 26.2 Å². The van der Waals surface area contributed by atoms with Gasteiger partial charge in [-0.05, 0) is 50.0 Å². The molecule has 1 aromatic heterocycles. The lowest BCUT2D eigenvalue weighted by molar-refractivity contribution is -0.125.